The van der Waals surface area contributed by atoms with E-state index in [1.54, 1.807) is 0 Å². The van der Waals surface area contributed by atoms with Gasteiger partial charge < -0.3 is 14.8 Å². The SMILES string of the molecule is N#Cc1cccc(N2CCN(C(=O)Cc3c[nH]c4ccccc34)CC2)c1. The highest BCUT2D eigenvalue weighted by Crippen LogP contribution is 2.21. The van der Waals surface area contributed by atoms with Gasteiger partial charge in [0.25, 0.3) is 0 Å². The number of hydrogen-bond donors (Lipinski definition) is 1. The van der Waals surface area contributed by atoms with Crippen LogP contribution in [0.3, 0.4) is 0 Å². The number of hydrogen-bond acceptors (Lipinski definition) is 3. The fourth-order valence-electron chi connectivity index (χ4n) is 3.54. The van der Waals surface area contributed by atoms with Gasteiger partial charge in [-0.1, -0.05) is 24.3 Å². The molecule has 1 aliphatic heterocycles. The fraction of sp³-hybridized carbons (Fsp3) is 0.238. The molecule has 5 nitrogen and oxygen atoms in total. The molecule has 1 fully saturated rings. The van der Waals surface area contributed by atoms with Crippen molar-refractivity contribution in [1.29, 1.82) is 5.26 Å². The molecule has 26 heavy (non-hydrogen) atoms. The van der Waals surface area contributed by atoms with Crippen molar-refractivity contribution in [3.63, 3.8) is 0 Å². The maximum Gasteiger partial charge on any atom is 0.227 e. The molecule has 1 N–H and O–H groups in total. The molecule has 2 aromatic carbocycles. The molecule has 1 amide bonds. The molecule has 2 heterocycles. The van der Waals surface area contributed by atoms with Crippen LogP contribution in [0.25, 0.3) is 10.9 Å². The molecular weight excluding hydrogens is 324 g/mol. The molecule has 0 saturated carbocycles. The predicted molar refractivity (Wildman–Crippen MR) is 102 cm³/mol. The molecular formula is C21H20N4O. The summed E-state index contributed by atoms with van der Waals surface area (Å²) in [7, 11) is 0. The minimum atomic E-state index is 0.167. The fourth-order valence-corrected chi connectivity index (χ4v) is 3.54. The molecule has 1 saturated heterocycles. The van der Waals surface area contributed by atoms with Crippen molar-refractivity contribution in [2.75, 3.05) is 31.1 Å². The Kier molecular flexibility index (Phi) is 4.32. The van der Waals surface area contributed by atoms with Gasteiger partial charge in [0.05, 0.1) is 18.1 Å². The van der Waals surface area contributed by atoms with Gasteiger partial charge in [0, 0.05) is 49.0 Å². The highest BCUT2D eigenvalue weighted by atomic mass is 16.2. The number of aromatic amines is 1. The van der Waals surface area contributed by atoms with Crippen LogP contribution in [0.4, 0.5) is 5.69 Å². The number of benzene rings is 2. The molecule has 5 heteroatoms. The molecule has 1 aromatic heterocycles. The van der Waals surface area contributed by atoms with Gasteiger partial charge in [-0.15, -0.1) is 0 Å². The zero-order valence-electron chi connectivity index (χ0n) is 14.5. The number of nitriles is 1. The normalized spacial score (nSPS) is 14.4. The van der Waals surface area contributed by atoms with Gasteiger partial charge in [0.1, 0.15) is 0 Å². The third kappa shape index (κ3) is 3.14. The third-order valence-electron chi connectivity index (χ3n) is 4.99. The molecule has 3 aromatic rings. The first-order valence-electron chi connectivity index (χ1n) is 8.82. The number of H-pyrrole nitrogens is 1. The number of fused-ring (bicyclic) bond motifs is 1. The van der Waals surface area contributed by atoms with E-state index in [1.807, 2.05) is 53.6 Å². The van der Waals surface area contributed by atoms with Crippen molar-refractivity contribution in [1.82, 2.24) is 9.88 Å². The van der Waals surface area contributed by atoms with Crippen molar-refractivity contribution < 1.29 is 4.79 Å². The highest BCUT2D eigenvalue weighted by Gasteiger charge is 2.22. The lowest BCUT2D eigenvalue weighted by Gasteiger charge is -2.36. The number of para-hydroxylation sites is 1. The van der Waals surface area contributed by atoms with Gasteiger partial charge in [-0.2, -0.15) is 5.26 Å². The monoisotopic (exact) mass is 344 g/mol. The molecule has 0 atom stereocenters. The molecule has 0 unspecified atom stereocenters. The molecule has 4 rings (SSSR count). The zero-order valence-corrected chi connectivity index (χ0v) is 14.5. The number of aromatic nitrogens is 1. The van der Waals surface area contributed by atoms with Gasteiger partial charge in [-0.05, 0) is 29.8 Å². The maximum absolute atomic E-state index is 12.7. The summed E-state index contributed by atoms with van der Waals surface area (Å²) in [5.41, 5.74) is 3.83. The van der Waals surface area contributed by atoms with E-state index in [2.05, 4.69) is 22.0 Å². The van der Waals surface area contributed by atoms with E-state index >= 15 is 0 Å². The summed E-state index contributed by atoms with van der Waals surface area (Å²) in [5, 5.41) is 10.2. The van der Waals surface area contributed by atoms with Crippen LogP contribution in [0.5, 0.6) is 0 Å². The van der Waals surface area contributed by atoms with E-state index in [4.69, 9.17) is 5.26 Å². The minimum absolute atomic E-state index is 0.167. The summed E-state index contributed by atoms with van der Waals surface area (Å²) in [6.45, 7) is 2.99. The number of nitrogens with one attached hydrogen (secondary N) is 1. The van der Waals surface area contributed by atoms with Crippen molar-refractivity contribution in [2.24, 2.45) is 0 Å². The first-order chi connectivity index (χ1) is 12.7. The highest BCUT2D eigenvalue weighted by molar-refractivity contribution is 5.89. The summed E-state index contributed by atoms with van der Waals surface area (Å²) in [5.74, 6) is 0.167. The Bertz CT molecular complexity index is 977. The number of piperazine rings is 1. The van der Waals surface area contributed by atoms with Crippen molar-refractivity contribution >= 4 is 22.5 Å². The predicted octanol–water partition coefficient (Wildman–Crippen LogP) is 2.93. The van der Waals surface area contributed by atoms with E-state index in [-0.39, 0.29) is 5.91 Å². The zero-order chi connectivity index (χ0) is 17.9. The Labute approximate surface area is 152 Å². The molecule has 0 aliphatic carbocycles. The van der Waals surface area contributed by atoms with Gasteiger partial charge in [-0.3, -0.25) is 4.79 Å². The summed E-state index contributed by atoms with van der Waals surface area (Å²) < 4.78 is 0. The van der Waals surface area contributed by atoms with Gasteiger partial charge in [0.2, 0.25) is 5.91 Å². The smallest absolute Gasteiger partial charge is 0.227 e. The van der Waals surface area contributed by atoms with E-state index in [0.29, 0.717) is 25.1 Å². The largest absolute Gasteiger partial charge is 0.368 e. The molecule has 1 aliphatic rings. The number of carbonyl (C=O) groups excluding carboxylic acids is 1. The molecule has 130 valence electrons. The summed E-state index contributed by atoms with van der Waals surface area (Å²) in [4.78, 5) is 20.1. The first-order valence-corrected chi connectivity index (χ1v) is 8.82. The lowest BCUT2D eigenvalue weighted by Crippen LogP contribution is -2.49. The van der Waals surface area contributed by atoms with Crippen LogP contribution in [-0.4, -0.2) is 42.0 Å². The second-order valence-corrected chi connectivity index (χ2v) is 6.57. The average Bonchev–Trinajstić information content (AvgIpc) is 3.11. The lowest BCUT2D eigenvalue weighted by molar-refractivity contribution is -0.130. The van der Waals surface area contributed by atoms with E-state index in [9.17, 15) is 4.79 Å². The Balaban J connectivity index is 1.40. The van der Waals surface area contributed by atoms with E-state index in [1.165, 1.54) is 0 Å². The number of nitrogens with zero attached hydrogens (tertiary/aromatic N) is 3. The molecule has 0 spiro atoms. The van der Waals surface area contributed by atoms with Crippen LogP contribution in [0.1, 0.15) is 11.1 Å². The Morgan fingerprint density at radius 3 is 2.69 bits per heavy atom. The lowest BCUT2D eigenvalue weighted by atomic mass is 10.1. The summed E-state index contributed by atoms with van der Waals surface area (Å²) in [6, 6.07) is 17.9. The van der Waals surface area contributed by atoms with Crippen LogP contribution >= 0.6 is 0 Å². The maximum atomic E-state index is 12.7. The van der Waals surface area contributed by atoms with E-state index < -0.39 is 0 Å². The number of carbonyl (C=O) groups is 1. The molecule has 0 radical (unpaired) electrons. The van der Waals surface area contributed by atoms with Crippen molar-refractivity contribution in [3.05, 3.63) is 65.9 Å². The summed E-state index contributed by atoms with van der Waals surface area (Å²) >= 11 is 0. The Morgan fingerprint density at radius 1 is 1.08 bits per heavy atom. The topological polar surface area (TPSA) is 63.1 Å². The Hall–Kier alpha value is -3.26. The standard InChI is InChI=1S/C21H20N4O/c22-14-16-4-3-5-18(12-16)24-8-10-25(11-9-24)21(26)13-17-15-23-20-7-2-1-6-19(17)20/h1-7,12,15,23H,8-11,13H2. The van der Waals surface area contributed by atoms with E-state index in [0.717, 1.165) is 35.2 Å². The molecule has 0 bridgehead atoms. The van der Waals surface area contributed by atoms with Crippen LogP contribution < -0.4 is 4.90 Å². The second-order valence-electron chi connectivity index (χ2n) is 6.57. The second kappa shape index (κ2) is 6.93. The van der Waals surface area contributed by atoms with Crippen molar-refractivity contribution in [2.45, 2.75) is 6.42 Å². The van der Waals surface area contributed by atoms with Crippen LogP contribution in [0, 0.1) is 11.3 Å². The third-order valence-corrected chi connectivity index (χ3v) is 4.99. The number of rotatable bonds is 3. The van der Waals surface area contributed by atoms with Crippen LogP contribution in [0.15, 0.2) is 54.7 Å². The first kappa shape index (κ1) is 16.2. The van der Waals surface area contributed by atoms with Gasteiger partial charge >= 0.3 is 0 Å². The number of anilines is 1. The van der Waals surface area contributed by atoms with Crippen LogP contribution in [0.2, 0.25) is 0 Å². The van der Waals surface area contributed by atoms with Crippen LogP contribution in [-0.2, 0) is 11.2 Å². The Morgan fingerprint density at radius 2 is 1.88 bits per heavy atom. The van der Waals surface area contributed by atoms with Gasteiger partial charge in [0.15, 0.2) is 0 Å². The summed E-state index contributed by atoms with van der Waals surface area (Å²) in [6.07, 6.45) is 2.36. The van der Waals surface area contributed by atoms with Crippen molar-refractivity contribution in [3.8, 4) is 6.07 Å². The van der Waals surface area contributed by atoms with Gasteiger partial charge in [-0.25, -0.2) is 0 Å². The number of amides is 1. The quantitative estimate of drug-likeness (QED) is 0.794. The average molecular weight is 344 g/mol. The minimum Gasteiger partial charge on any atom is -0.368 e.